The van der Waals surface area contributed by atoms with E-state index >= 15 is 0 Å². The van der Waals surface area contributed by atoms with Crippen LogP contribution in [0, 0.1) is 0 Å². The summed E-state index contributed by atoms with van der Waals surface area (Å²) in [6.45, 7) is 1.95. The molecule has 0 radical (unpaired) electrons. The minimum absolute atomic E-state index is 0.132. The molecule has 0 aliphatic carbocycles. The van der Waals surface area contributed by atoms with Gasteiger partial charge in [0.25, 0.3) is 5.91 Å². The molecule has 0 saturated carbocycles. The highest BCUT2D eigenvalue weighted by molar-refractivity contribution is 5.96. The smallest absolute Gasteiger partial charge is 0.251 e. The molecule has 134 valence electrons. The summed E-state index contributed by atoms with van der Waals surface area (Å²) in [7, 11) is 1.65. The van der Waals surface area contributed by atoms with Gasteiger partial charge in [0, 0.05) is 25.0 Å². The first kappa shape index (κ1) is 18.7. The summed E-state index contributed by atoms with van der Waals surface area (Å²) in [5, 5.41) is 8.57. The molecule has 1 aromatic heterocycles. The minimum atomic E-state index is -0.200. The molecule has 1 heterocycles. The van der Waals surface area contributed by atoms with Crippen molar-refractivity contribution in [3.05, 3.63) is 54.0 Å². The molecule has 2 amide bonds. The number of hydrogen-bond acceptors (Lipinski definition) is 5. The quantitative estimate of drug-likeness (QED) is 0.571. The maximum atomic E-state index is 12.0. The maximum Gasteiger partial charge on any atom is 0.251 e. The van der Waals surface area contributed by atoms with Crippen molar-refractivity contribution in [2.75, 3.05) is 32.1 Å². The molecule has 1 aromatic carbocycles. The van der Waals surface area contributed by atoms with Crippen LogP contribution in [0.3, 0.4) is 0 Å². The molecular formula is C18H23N3O4. The lowest BCUT2D eigenvalue weighted by Crippen LogP contribution is -2.29. The van der Waals surface area contributed by atoms with Crippen LogP contribution in [0.15, 0.2) is 47.1 Å². The second-order valence-corrected chi connectivity index (χ2v) is 5.41. The first-order valence-electron chi connectivity index (χ1n) is 8.09. The zero-order valence-corrected chi connectivity index (χ0v) is 14.2. The van der Waals surface area contributed by atoms with Crippen LogP contribution in [0.2, 0.25) is 0 Å². The number of nitrogens with one attached hydrogen (secondary N) is 3. The van der Waals surface area contributed by atoms with Gasteiger partial charge in [0.15, 0.2) is 0 Å². The number of furan rings is 1. The zero-order chi connectivity index (χ0) is 17.9. The van der Waals surface area contributed by atoms with Gasteiger partial charge in [-0.3, -0.25) is 9.59 Å². The fourth-order valence-electron chi connectivity index (χ4n) is 2.14. The number of rotatable bonds is 10. The summed E-state index contributed by atoms with van der Waals surface area (Å²) in [6, 6.07) is 10.3. The van der Waals surface area contributed by atoms with E-state index in [1.54, 1.807) is 49.8 Å². The number of carbonyl (C=O) groups excluding carboxylic acids is 2. The SMILES string of the molecule is COCCCNCC(=O)Nc1ccc(C(=O)NCc2ccco2)cc1. The monoisotopic (exact) mass is 345 g/mol. The van der Waals surface area contributed by atoms with E-state index in [1.807, 2.05) is 0 Å². The molecule has 0 atom stereocenters. The molecule has 7 nitrogen and oxygen atoms in total. The molecule has 0 unspecified atom stereocenters. The Kier molecular flexibility index (Phi) is 7.68. The predicted octanol–water partition coefficient (Wildman–Crippen LogP) is 1.77. The topological polar surface area (TPSA) is 92.6 Å². The summed E-state index contributed by atoms with van der Waals surface area (Å²) in [5.41, 5.74) is 1.16. The number of ether oxygens (including phenoxy) is 1. The molecule has 25 heavy (non-hydrogen) atoms. The first-order valence-corrected chi connectivity index (χ1v) is 8.09. The summed E-state index contributed by atoms with van der Waals surface area (Å²) in [5.74, 6) is 0.358. The molecule has 2 rings (SSSR count). The lowest BCUT2D eigenvalue weighted by Gasteiger charge is -2.08. The maximum absolute atomic E-state index is 12.0. The van der Waals surface area contributed by atoms with Crippen molar-refractivity contribution in [2.24, 2.45) is 0 Å². The third kappa shape index (κ3) is 6.78. The second-order valence-electron chi connectivity index (χ2n) is 5.41. The van der Waals surface area contributed by atoms with Gasteiger partial charge in [0.2, 0.25) is 5.91 Å². The molecular weight excluding hydrogens is 322 g/mol. The van der Waals surface area contributed by atoms with E-state index in [4.69, 9.17) is 9.15 Å². The Morgan fingerprint density at radius 1 is 1.16 bits per heavy atom. The summed E-state index contributed by atoms with van der Waals surface area (Å²) < 4.78 is 10.1. The average molecular weight is 345 g/mol. The Hall–Kier alpha value is -2.64. The van der Waals surface area contributed by atoms with Crippen LogP contribution in [0.1, 0.15) is 22.5 Å². The van der Waals surface area contributed by atoms with Gasteiger partial charge in [0.05, 0.1) is 19.4 Å². The number of anilines is 1. The third-order valence-corrected chi connectivity index (χ3v) is 3.42. The Labute approximate surface area is 146 Å². The van der Waals surface area contributed by atoms with Gasteiger partial charge in [-0.05, 0) is 49.4 Å². The van der Waals surface area contributed by atoms with Crippen LogP contribution in [-0.4, -0.2) is 38.6 Å². The van der Waals surface area contributed by atoms with Crippen molar-refractivity contribution in [2.45, 2.75) is 13.0 Å². The summed E-state index contributed by atoms with van der Waals surface area (Å²) >= 11 is 0. The van der Waals surface area contributed by atoms with Crippen LogP contribution in [0.5, 0.6) is 0 Å². The average Bonchev–Trinajstić information content (AvgIpc) is 3.14. The van der Waals surface area contributed by atoms with Gasteiger partial charge in [-0.1, -0.05) is 0 Å². The summed E-state index contributed by atoms with van der Waals surface area (Å²) in [4.78, 5) is 23.8. The van der Waals surface area contributed by atoms with Gasteiger partial charge in [0.1, 0.15) is 5.76 Å². The molecule has 0 saturated heterocycles. The Morgan fingerprint density at radius 2 is 1.96 bits per heavy atom. The zero-order valence-electron chi connectivity index (χ0n) is 14.2. The van der Waals surface area contributed by atoms with Crippen molar-refractivity contribution in [1.82, 2.24) is 10.6 Å². The highest BCUT2D eigenvalue weighted by Gasteiger charge is 2.07. The number of amides is 2. The molecule has 0 spiro atoms. The minimum Gasteiger partial charge on any atom is -0.467 e. The van der Waals surface area contributed by atoms with Gasteiger partial charge in [-0.25, -0.2) is 0 Å². The van der Waals surface area contributed by atoms with Crippen LogP contribution in [0.25, 0.3) is 0 Å². The van der Waals surface area contributed by atoms with Gasteiger partial charge in [-0.2, -0.15) is 0 Å². The lowest BCUT2D eigenvalue weighted by atomic mass is 10.2. The van der Waals surface area contributed by atoms with Crippen molar-refractivity contribution >= 4 is 17.5 Å². The number of benzene rings is 1. The fourth-order valence-corrected chi connectivity index (χ4v) is 2.14. The lowest BCUT2D eigenvalue weighted by molar-refractivity contribution is -0.115. The highest BCUT2D eigenvalue weighted by Crippen LogP contribution is 2.10. The molecule has 3 N–H and O–H groups in total. The number of methoxy groups -OCH3 is 1. The Balaban J connectivity index is 1.73. The van der Waals surface area contributed by atoms with Gasteiger partial charge in [-0.15, -0.1) is 0 Å². The molecule has 2 aromatic rings. The van der Waals surface area contributed by atoms with Crippen molar-refractivity contribution in [3.8, 4) is 0 Å². The van der Waals surface area contributed by atoms with E-state index in [0.29, 0.717) is 30.2 Å². The molecule has 0 aliphatic rings. The van der Waals surface area contributed by atoms with Crippen LogP contribution < -0.4 is 16.0 Å². The number of carbonyl (C=O) groups is 2. The van der Waals surface area contributed by atoms with E-state index in [9.17, 15) is 9.59 Å². The summed E-state index contributed by atoms with van der Waals surface area (Å²) in [6.07, 6.45) is 2.41. The van der Waals surface area contributed by atoms with Crippen LogP contribution in [-0.2, 0) is 16.1 Å². The Morgan fingerprint density at radius 3 is 2.64 bits per heavy atom. The Bertz CT molecular complexity index is 653. The predicted molar refractivity (Wildman–Crippen MR) is 94.3 cm³/mol. The second kappa shape index (κ2) is 10.3. The van der Waals surface area contributed by atoms with Crippen LogP contribution in [0.4, 0.5) is 5.69 Å². The third-order valence-electron chi connectivity index (χ3n) is 3.42. The molecule has 0 aliphatic heterocycles. The fraction of sp³-hybridized carbons (Fsp3) is 0.333. The van der Waals surface area contributed by atoms with E-state index in [0.717, 1.165) is 13.0 Å². The molecule has 0 fully saturated rings. The van der Waals surface area contributed by atoms with Gasteiger partial charge < -0.3 is 25.1 Å². The standard InChI is InChI=1S/C18H23N3O4/c1-24-10-3-9-19-13-17(22)21-15-7-5-14(6-8-15)18(23)20-12-16-4-2-11-25-16/h2,4-8,11,19H,3,9-10,12-13H2,1H3,(H,20,23)(H,21,22). The normalized spacial score (nSPS) is 10.4. The van der Waals surface area contributed by atoms with Gasteiger partial charge >= 0.3 is 0 Å². The molecule has 7 heteroatoms. The van der Waals surface area contributed by atoms with E-state index < -0.39 is 0 Å². The van der Waals surface area contributed by atoms with Crippen molar-refractivity contribution < 1.29 is 18.7 Å². The van der Waals surface area contributed by atoms with Crippen molar-refractivity contribution in [3.63, 3.8) is 0 Å². The van der Waals surface area contributed by atoms with E-state index in [1.165, 1.54) is 0 Å². The molecule has 0 bridgehead atoms. The van der Waals surface area contributed by atoms with E-state index in [2.05, 4.69) is 16.0 Å². The highest BCUT2D eigenvalue weighted by atomic mass is 16.5. The van der Waals surface area contributed by atoms with Crippen LogP contribution >= 0.6 is 0 Å². The van der Waals surface area contributed by atoms with E-state index in [-0.39, 0.29) is 18.4 Å². The van der Waals surface area contributed by atoms with Crippen molar-refractivity contribution in [1.29, 1.82) is 0 Å². The largest absolute Gasteiger partial charge is 0.467 e. The number of hydrogen-bond donors (Lipinski definition) is 3. The first-order chi connectivity index (χ1) is 12.2.